The standard InChI is InChI=1S/C38H47Cl2FN6O11S/c1-37(2,3)58-35(53)42-28-21-44(30(48)16-39)13-6-4-5-9-23-15-38(23,34(52)47(31(49)17-40)59(55,56)25-11-12-25)43-32(50)29-14-24(19-46(29)33(28)51)57-36(54)45-18-22-8-7-10-27(41)26(22)20-45/h5,7-10,23-25,28-29H,4,6,11-21H2,1-3H3,(H,42,53)(H,43,50)/b9-5-/t23-,24+,28-,29-,38+/m0/s1. The van der Waals surface area contributed by atoms with E-state index in [2.05, 4.69) is 10.6 Å². The lowest BCUT2D eigenvalue weighted by atomic mass is 10.1. The molecule has 2 saturated carbocycles. The fourth-order valence-corrected chi connectivity index (χ4v) is 9.74. The Balaban J connectivity index is 1.35. The molecule has 0 spiro atoms. The van der Waals surface area contributed by atoms with E-state index >= 15 is 0 Å². The number of amides is 7. The van der Waals surface area contributed by atoms with E-state index in [1.807, 2.05) is 0 Å². The molecule has 1 aromatic carbocycles. The molecule has 1 saturated heterocycles. The summed E-state index contributed by atoms with van der Waals surface area (Å²) in [5.41, 5.74) is -2.04. The topological polar surface area (TPSA) is 209 Å². The average Bonchev–Trinajstić information content (AvgIpc) is 4.05. The van der Waals surface area contributed by atoms with Crippen molar-refractivity contribution in [2.24, 2.45) is 5.92 Å². The molecule has 3 fully saturated rings. The van der Waals surface area contributed by atoms with Crippen molar-refractivity contribution in [1.29, 1.82) is 0 Å². The van der Waals surface area contributed by atoms with Gasteiger partial charge in [0.25, 0.3) is 11.8 Å². The van der Waals surface area contributed by atoms with Crippen molar-refractivity contribution in [1.82, 2.24) is 29.6 Å². The number of alkyl halides is 2. The molecule has 5 aliphatic rings. The smallest absolute Gasteiger partial charge is 0.410 e. The second-order valence-electron chi connectivity index (χ2n) is 16.3. The highest BCUT2D eigenvalue weighted by Gasteiger charge is 2.65. The maximum absolute atomic E-state index is 14.7. The van der Waals surface area contributed by atoms with E-state index < -0.39 is 116 Å². The van der Waals surface area contributed by atoms with Gasteiger partial charge in [-0.1, -0.05) is 24.3 Å². The number of carbonyl (C=O) groups excluding carboxylic acids is 7. The van der Waals surface area contributed by atoms with Gasteiger partial charge in [0, 0.05) is 31.0 Å². The monoisotopic (exact) mass is 884 g/mol. The average molecular weight is 886 g/mol. The molecule has 0 aromatic heterocycles. The molecule has 21 heteroatoms. The number of nitrogens with one attached hydrogen (secondary N) is 2. The molecule has 2 N–H and O–H groups in total. The van der Waals surface area contributed by atoms with Gasteiger partial charge >= 0.3 is 12.2 Å². The number of hydrogen-bond donors (Lipinski definition) is 2. The minimum atomic E-state index is -4.49. The summed E-state index contributed by atoms with van der Waals surface area (Å²) in [5, 5.41) is 4.20. The summed E-state index contributed by atoms with van der Waals surface area (Å²) in [7, 11) is -4.49. The molecule has 59 heavy (non-hydrogen) atoms. The second-order valence-corrected chi connectivity index (χ2v) is 18.9. The Kier molecular flexibility index (Phi) is 12.9. The lowest BCUT2D eigenvalue weighted by Crippen LogP contribution is -2.61. The zero-order chi connectivity index (χ0) is 43.0. The van der Waals surface area contributed by atoms with Gasteiger partial charge in [0.2, 0.25) is 27.7 Å². The number of benzene rings is 1. The number of allylic oxidation sites excluding steroid dienone is 1. The maximum Gasteiger partial charge on any atom is 0.410 e. The number of rotatable bonds is 7. The molecule has 0 radical (unpaired) electrons. The van der Waals surface area contributed by atoms with Crippen molar-refractivity contribution in [3.05, 3.63) is 47.3 Å². The van der Waals surface area contributed by atoms with Crippen LogP contribution in [0.15, 0.2) is 30.4 Å². The van der Waals surface area contributed by atoms with Gasteiger partial charge in [-0.25, -0.2) is 22.4 Å². The molecule has 0 bridgehead atoms. The number of hydrogen-bond acceptors (Lipinski definition) is 11. The van der Waals surface area contributed by atoms with E-state index in [4.69, 9.17) is 32.7 Å². The minimum Gasteiger partial charge on any atom is -0.444 e. The first-order valence-electron chi connectivity index (χ1n) is 19.3. The third-order valence-corrected chi connectivity index (χ3v) is 13.4. The van der Waals surface area contributed by atoms with Gasteiger partial charge in [-0.3, -0.25) is 28.9 Å². The van der Waals surface area contributed by atoms with Crippen LogP contribution in [-0.4, -0.2) is 135 Å². The number of sulfonamides is 1. The molecule has 6 rings (SSSR count). The van der Waals surface area contributed by atoms with Gasteiger partial charge in [0.05, 0.1) is 24.9 Å². The predicted molar refractivity (Wildman–Crippen MR) is 208 cm³/mol. The Morgan fingerprint density at radius 3 is 2.42 bits per heavy atom. The first-order valence-corrected chi connectivity index (χ1v) is 21.9. The van der Waals surface area contributed by atoms with Gasteiger partial charge in [-0.05, 0) is 64.5 Å². The lowest BCUT2D eigenvalue weighted by Gasteiger charge is -2.33. The minimum absolute atomic E-state index is 0.0400. The Hall–Kier alpha value is -4.49. The zero-order valence-electron chi connectivity index (χ0n) is 32.8. The van der Waals surface area contributed by atoms with Crippen LogP contribution in [0.4, 0.5) is 14.0 Å². The van der Waals surface area contributed by atoms with Gasteiger partial charge in [-0.15, -0.1) is 23.2 Å². The number of ether oxygens (including phenoxy) is 2. The van der Waals surface area contributed by atoms with Crippen LogP contribution in [-0.2, 0) is 56.6 Å². The summed E-state index contributed by atoms with van der Waals surface area (Å²) in [4.78, 5) is 100. The van der Waals surface area contributed by atoms with Crippen LogP contribution < -0.4 is 10.6 Å². The Labute approximate surface area is 350 Å². The quantitative estimate of drug-likeness (QED) is 0.300. The number of imide groups is 1. The molecule has 5 atom stereocenters. The normalized spacial score (nSPS) is 26.6. The van der Waals surface area contributed by atoms with E-state index in [1.54, 1.807) is 39.0 Å². The number of nitrogens with zero attached hydrogens (tertiary/aromatic N) is 4. The van der Waals surface area contributed by atoms with Gasteiger partial charge in [-0.2, -0.15) is 4.31 Å². The summed E-state index contributed by atoms with van der Waals surface area (Å²) in [6, 6.07) is 1.44. The van der Waals surface area contributed by atoms with Crippen LogP contribution in [0.2, 0.25) is 0 Å². The first kappa shape index (κ1) is 44.1. The molecule has 322 valence electrons. The van der Waals surface area contributed by atoms with E-state index in [-0.39, 0.29) is 56.2 Å². The fraction of sp³-hybridized carbons (Fsp3) is 0.605. The van der Waals surface area contributed by atoms with Gasteiger partial charge in [0.1, 0.15) is 46.9 Å². The highest BCUT2D eigenvalue weighted by molar-refractivity contribution is 7.91. The summed E-state index contributed by atoms with van der Waals surface area (Å²) in [5.74, 6) is -7.34. The van der Waals surface area contributed by atoms with Crippen LogP contribution >= 0.6 is 23.2 Å². The highest BCUT2D eigenvalue weighted by Crippen LogP contribution is 2.48. The molecule has 3 aliphatic heterocycles. The molecular weight excluding hydrogens is 838 g/mol. The van der Waals surface area contributed by atoms with Crippen LogP contribution in [0.3, 0.4) is 0 Å². The molecule has 0 unspecified atom stereocenters. The number of fused-ring (bicyclic) bond motifs is 3. The lowest BCUT2D eigenvalue weighted by molar-refractivity contribution is -0.144. The molecule has 7 amide bonds. The van der Waals surface area contributed by atoms with E-state index in [1.165, 1.54) is 21.9 Å². The van der Waals surface area contributed by atoms with Crippen LogP contribution in [0.1, 0.15) is 70.4 Å². The van der Waals surface area contributed by atoms with Crippen molar-refractivity contribution in [2.45, 2.75) is 107 Å². The van der Waals surface area contributed by atoms with Crippen molar-refractivity contribution in [3.8, 4) is 0 Å². The van der Waals surface area contributed by atoms with Crippen molar-refractivity contribution in [3.63, 3.8) is 0 Å². The van der Waals surface area contributed by atoms with Crippen LogP contribution in [0, 0.1) is 11.7 Å². The first-order chi connectivity index (χ1) is 27.8. The van der Waals surface area contributed by atoms with Crippen molar-refractivity contribution in [2.75, 3.05) is 31.4 Å². The largest absolute Gasteiger partial charge is 0.444 e. The number of alkyl carbamates (subject to hydrolysis) is 1. The number of carbonyl (C=O) groups is 7. The second kappa shape index (κ2) is 17.2. The molecule has 1 aromatic rings. The van der Waals surface area contributed by atoms with Crippen molar-refractivity contribution >= 4 is 74.9 Å². The van der Waals surface area contributed by atoms with Crippen LogP contribution in [0.5, 0.6) is 0 Å². The summed E-state index contributed by atoms with van der Waals surface area (Å²) >= 11 is 11.8. The Bertz CT molecular complexity index is 2050. The third-order valence-electron chi connectivity index (χ3n) is 10.8. The molecular formula is C38H47Cl2FN6O11S. The highest BCUT2D eigenvalue weighted by atomic mass is 35.5. The SMILES string of the molecule is CC(C)(C)OC(=O)N[C@H]1CN(C(=O)CCl)CCC/C=C\[C@H]2C[C@@]2(C(=O)N(C(=O)CCl)S(=O)(=O)C2CC2)NC(=O)[C@@H]2C[C@@H](OC(=O)N3Cc4cccc(F)c4C3)CN2C1=O. The third kappa shape index (κ3) is 9.62. The molecule has 2 aliphatic carbocycles. The summed E-state index contributed by atoms with van der Waals surface area (Å²) < 4.78 is 52.9. The molecule has 3 heterocycles. The zero-order valence-corrected chi connectivity index (χ0v) is 35.1. The van der Waals surface area contributed by atoms with E-state index in [0.29, 0.717) is 24.0 Å². The van der Waals surface area contributed by atoms with Gasteiger partial charge in [0.15, 0.2) is 0 Å². The van der Waals surface area contributed by atoms with Crippen LogP contribution in [0.25, 0.3) is 0 Å². The summed E-state index contributed by atoms with van der Waals surface area (Å²) in [6.45, 7) is 4.05. The Morgan fingerprint density at radius 2 is 1.78 bits per heavy atom. The maximum atomic E-state index is 14.7. The fourth-order valence-electron chi connectivity index (χ4n) is 7.61. The predicted octanol–water partition coefficient (Wildman–Crippen LogP) is 2.52. The van der Waals surface area contributed by atoms with E-state index in [0.717, 1.165) is 4.90 Å². The number of halogens is 3. The van der Waals surface area contributed by atoms with Gasteiger partial charge < -0.3 is 29.9 Å². The van der Waals surface area contributed by atoms with Crippen molar-refractivity contribution < 1.29 is 55.8 Å². The van der Waals surface area contributed by atoms with E-state index in [9.17, 15) is 46.4 Å². The molecule has 17 nitrogen and oxygen atoms in total. The summed E-state index contributed by atoms with van der Waals surface area (Å²) in [6.07, 6.45) is 0.978. The Morgan fingerprint density at radius 1 is 1.05 bits per heavy atom.